The second-order valence-electron chi connectivity index (χ2n) is 4.17. The first-order valence-electron chi connectivity index (χ1n) is 6.57. The third-order valence-corrected chi connectivity index (χ3v) is 3.76. The Bertz CT molecular complexity index is 656. The smallest absolute Gasteiger partial charge is 0.365 e. The van der Waals surface area contributed by atoms with Crippen LogP contribution in [0.5, 0.6) is 0 Å². The molecule has 0 amide bonds. The van der Waals surface area contributed by atoms with Gasteiger partial charge in [-0.2, -0.15) is 8.42 Å². The molecule has 0 unspecified atom stereocenters. The highest BCUT2D eigenvalue weighted by Crippen LogP contribution is 2.14. The van der Waals surface area contributed by atoms with Gasteiger partial charge in [0.25, 0.3) is 10.0 Å². The summed E-state index contributed by atoms with van der Waals surface area (Å²) >= 11 is 0. The number of hydrogen-bond donors (Lipinski definition) is 0. The maximum absolute atomic E-state index is 12.2. The van der Waals surface area contributed by atoms with E-state index in [1.807, 2.05) is 0 Å². The Morgan fingerprint density at radius 2 is 1.45 bits per heavy atom. The number of aryl methyl sites for hydroxylation is 1. The van der Waals surface area contributed by atoms with Crippen molar-refractivity contribution in [2.75, 3.05) is 13.2 Å². The molecule has 0 atom stereocenters. The van der Waals surface area contributed by atoms with Crippen molar-refractivity contribution in [3.8, 4) is 0 Å². The highest BCUT2D eigenvalue weighted by atomic mass is 32.2. The number of sulfonamides is 1. The third-order valence-electron chi connectivity index (χ3n) is 2.47. The first-order chi connectivity index (χ1) is 10.3. The van der Waals surface area contributed by atoms with Gasteiger partial charge in [-0.15, -0.1) is 4.40 Å². The zero-order valence-corrected chi connectivity index (χ0v) is 13.3. The molecule has 22 heavy (non-hydrogen) atoms. The van der Waals surface area contributed by atoms with Gasteiger partial charge >= 0.3 is 11.9 Å². The van der Waals surface area contributed by atoms with Gasteiger partial charge in [0, 0.05) is 0 Å². The molecule has 0 spiro atoms. The third kappa shape index (κ3) is 4.66. The van der Waals surface area contributed by atoms with Crippen molar-refractivity contribution in [1.29, 1.82) is 0 Å². The Morgan fingerprint density at radius 1 is 1.00 bits per heavy atom. The van der Waals surface area contributed by atoms with Crippen molar-refractivity contribution < 1.29 is 27.5 Å². The summed E-state index contributed by atoms with van der Waals surface area (Å²) in [6.07, 6.45) is 0. The molecular weight excluding hydrogens is 310 g/mol. The molecule has 0 saturated heterocycles. The van der Waals surface area contributed by atoms with E-state index in [0.29, 0.717) is 0 Å². The van der Waals surface area contributed by atoms with Gasteiger partial charge in [0.2, 0.25) is 5.71 Å². The number of esters is 2. The fourth-order valence-corrected chi connectivity index (χ4v) is 2.41. The van der Waals surface area contributed by atoms with Gasteiger partial charge < -0.3 is 9.47 Å². The number of benzene rings is 1. The second-order valence-corrected chi connectivity index (χ2v) is 5.77. The van der Waals surface area contributed by atoms with Crippen LogP contribution in [0.15, 0.2) is 33.6 Å². The molecule has 0 aliphatic rings. The lowest BCUT2D eigenvalue weighted by Gasteiger charge is -2.06. The van der Waals surface area contributed by atoms with Crippen LogP contribution in [0.25, 0.3) is 0 Å². The van der Waals surface area contributed by atoms with Crippen molar-refractivity contribution in [3.63, 3.8) is 0 Å². The monoisotopic (exact) mass is 327 g/mol. The van der Waals surface area contributed by atoms with Crippen LogP contribution in [-0.4, -0.2) is 39.3 Å². The Labute approximate surface area is 129 Å². The lowest BCUT2D eigenvalue weighted by Crippen LogP contribution is -2.29. The number of carbonyl (C=O) groups is 2. The van der Waals surface area contributed by atoms with Crippen LogP contribution in [0.3, 0.4) is 0 Å². The predicted octanol–water partition coefficient (Wildman–Crippen LogP) is 1.25. The molecule has 0 radical (unpaired) electrons. The number of hydrogen-bond acceptors (Lipinski definition) is 6. The summed E-state index contributed by atoms with van der Waals surface area (Å²) in [6.45, 7) is 4.79. The summed E-state index contributed by atoms with van der Waals surface area (Å²) in [7, 11) is -4.22. The van der Waals surface area contributed by atoms with Crippen LogP contribution in [0.4, 0.5) is 0 Å². The average molecular weight is 327 g/mol. The Kier molecular flexibility index (Phi) is 6.24. The largest absolute Gasteiger partial charge is 0.461 e. The van der Waals surface area contributed by atoms with Crippen LogP contribution in [0.2, 0.25) is 0 Å². The van der Waals surface area contributed by atoms with Gasteiger partial charge in [0.1, 0.15) is 0 Å². The molecular formula is C14H17NO6S. The molecule has 0 heterocycles. The lowest BCUT2D eigenvalue weighted by atomic mass is 10.2. The second kappa shape index (κ2) is 7.69. The molecule has 0 fully saturated rings. The molecule has 0 aromatic heterocycles. The van der Waals surface area contributed by atoms with Crippen LogP contribution in [0.1, 0.15) is 19.4 Å². The van der Waals surface area contributed by atoms with Crippen LogP contribution < -0.4 is 0 Å². The molecule has 8 heteroatoms. The summed E-state index contributed by atoms with van der Waals surface area (Å²) in [5, 5.41) is 0. The Morgan fingerprint density at radius 3 is 1.86 bits per heavy atom. The van der Waals surface area contributed by atoms with Gasteiger partial charge in [-0.3, -0.25) is 0 Å². The van der Waals surface area contributed by atoms with E-state index >= 15 is 0 Å². The summed E-state index contributed by atoms with van der Waals surface area (Å²) in [4.78, 5) is 23.3. The van der Waals surface area contributed by atoms with E-state index in [-0.39, 0.29) is 18.1 Å². The van der Waals surface area contributed by atoms with Gasteiger partial charge in [-0.05, 0) is 32.9 Å². The van der Waals surface area contributed by atoms with Crippen LogP contribution in [0, 0.1) is 6.92 Å². The van der Waals surface area contributed by atoms with Crippen LogP contribution in [-0.2, 0) is 29.1 Å². The van der Waals surface area contributed by atoms with Crippen LogP contribution >= 0.6 is 0 Å². The normalized spacial score (nSPS) is 10.7. The van der Waals surface area contributed by atoms with Crippen molar-refractivity contribution >= 4 is 27.7 Å². The Hall–Kier alpha value is -2.22. The van der Waals surface area contributed by atoms with E-state index in [1.165, 1.54) is 26.0 Å². The Balaban J connectivity index is 3.27. The summed E-state index contributed by atoms with van der Waals surface area (Å²) in [6, 6.07) is 5.83. The summed E-state index contributed by atoms with van der Waals surface area (Å²) in [5.74, 6) is -2.28. The number of rotatable bonds is 6. The summed E-state index contributed by atoms with van der Waals surface area (Å²) in [5.41, 5.74) is -0.0387. The molecule has 1 aromatic rings. The molecule has 7 nitrogen and oxygen atoms in total. The van der Waals surface area contributed by atoms with E-state index in [1.54, 1.807) is 19.1 Å². The SMILES string of the molecule is CCOC(=O)C(=NS(=O)(=O)c1ccc(C)cc1)C(=O)OCC. The zero-order valence-electron chi connectivity index (χ0n) is 12.5. The fraction of sp³-hybridized carbons (Fsp3) is 0.357. The minimum absolute atomic E-state index is 0.0260. The summed E-state index contributed by atoms with van der Waals surface area (Å²) < 4.78 is 36.9. The van der Waals surface area contributed by atoms with Crippen molar-refractivity contribution in [1.82, 2.24) is 0 Å². The van der Waals surface area contributed by atoms with E-state index < -0.39 is 27.7 Å². The van der Waals surface area contributed by atoms with E-state index in [4.69, 9.17) is 0 Å². The van der Waals surface area contributed by atoms with Gasteiger partial charge in [0.15, 0.2) is 0 Å². The first kappa shape index (κ1) is 17.8. The number of carbonyl (C=O) groups excluding carboxylic acids is 2. The van der Waals surface area contributed by atoms with Crippen molar-refractivity contribution in [2.45, 2.75) is 25.7 Å². The van der Waals surface area contributed by atoms with Gasteiger partial charge in [-0.25, -0.2) is 9.59 Å². The lowest BCUT2D eigenvalue weighted by molar-refractivity contribution is -0.140. The highest BCUT2D eigenvalue weighted by molar-refractivity contribution is 7.90. The van der Waals surface area contributed by atoms with Crippen molar-refractivity contribution in [3.05, 3.63) is 29.8 Å². The van der Waals surface area contributed by atoms with Crippen molar-refractivity contribution in [2.24, 2.45) is 4.40 Å². The van der Waals surface area contributed by atoms with Gasteiger partial charge in [-0.1, -0.05) is 17.7 Å². The molecule has 0 bridgehead atoms. The number of ether oxygens (including phenoxy) is 2. The molecule has 0 saturated carbocycles. The molecule has 1 aromatic carbocycles. The standard InChI is InChI=1S/C14H17NO6S/c1-4-20-13(16)12(14(17)21-5-2)15-22(18,19)11-8-6-10(3)7-9-11/h6-9H,4-5H2,1-3H3. The average Bonchev–Trinajstić information content (AvgIpc) is 2.45. The molecule has 120 valence electrons. The quantitative estimate of drug-likeness (QED) is 0.443. The zero-order chi connectivity index (χ0) is 16.8. The first-order valence-corrected chi connectivity index (χ1v) is 8.01. The van der Waals surface area contributed by atoms with E-state index in [0.717, 1.165) is 5.56 Å². The minimum atomic E-state index is -4.22. The molecule has 0 aliphatic carbocycles. The maximum Gasteiger partial charge on any atom is 0.365 e. The minimum Gasteiger partial charge on any atom is -0.461 e. The molecule has 0 N–H and O–H groups in total. The van der Waals surface area contributed by atoms with Gasteiger partial charge in [0.05, 0.1) is 18.1 Å². The molecule has 1 rings (SSSR count). The van der Waals surface area contributed by atoms with E-state index in [9.17, 15) is 18.0 Å². The van der Waals surface area contributed by atoms with E-state index in [2.05, 4.69) is 13.9 Å². The predicted molar refractivity (Wildman–Crippen MR) is 79.1 cm³/mol. The highest BCUT2D eigenvalue weighted by Gasteiger charge is 2.27. The number of nitrogens with zero attached hydrogens (tertiary/aromatic N) is 1. The maximum atomic E-state index is 12.2. The topological polar surface area (TPSA) is 99.1 Å². The fourth-order valence-electron chi connectivity index (χ4n) is 1.44. The molecule has 0 aliphatic heterocycles.